The van der Waals surface area contributed by atoms with Gasteiger partial charge in [-0.15, -0.1) is 0 Å². The Morgan fingerprint density at radius 2 is 2.08 bits per heavy atom. The molecule has 3 heterocycles. The number of hydrogen-bond donors (Lipinski definition) is 2. The molecular weight excluding hydrogens is 345 g/mol. The number of hydrogen-bond acceptors (Lipinski definition) is 5. The van der Waals surface area contributed by atoms with Crippen LogP contribution in [0.25, 0.3) is 0 Å². The summed E-state index contributed by atoms with van der Waals surface area (Å²) in [6.07, 6.45) is -3.56. The van der Waals surface area contributed by atoms with Crippen molar-refractivity contribution < 1.29 is 13.2 Å². The molecule has 1 aliphatic heterocycles. The summed E-state index contributed by atoms with van der Waals surface area (Å²) in [4.78, 5) is 8.93. The molecule has 2 aromatic heterocycles. The Hall–Kier alpha value is -2.16. The molecule has 2 aromatic rings. The van der Waals surface area contributed by atoms with Crippen molar-refractivity contribution in [2.24, 2.45) is 5.92 Å². The van der Waals surface area contributed by atoms with E-state index in [2.05, 4.69) is 25.7 Å². The van der Waals surface area contributed by atoms with E-state index >= 15 is 0 Å². The average molecular weight is 368 g/mol. The van der Waals surface area contributed by atoms with E-state index in [1.807, 2.05) is 13.8 Å². The Bertz CT molecular complexity index is 784. The van der Waals surface area contributed by atoms with Crippen LogP contribution in [0.5, 0.6) is 0 Å². The zero-order chi connectivity index (χ0) is 18.9. The molecule has 0 fully saturated rings. The predicted octanol–water partition coefficient (Wildman–Crippen LogP) is 2.70. The Morgan fingerprint density at radius 1 is 1.31 bits per heavy atom. The molecule has 142 valence electrons. The van der Waals surface area contributed by atoms with Crippen molar-refractivity contribution in [2.75, 3.05) is 18.4 Å². The number of alkyl halides is 3. The minimum atomic E-state index is -4.40. The highest BCUT2D eigenvalue weighted by Crippen LogP contribution is 2.30. The van der Waals surface area contributed by atoms with Crippen LogP contribution in [0.2, 0.25) is 0 Å². The maximum absolute atomic E-state index is 13.1. The summed E-state index contributed by atoms with van der Waals surface area (Å²) in [5, 5.41) is 10.6. The van der Waals surface area contributed by atoms with Crippen LogP contribution in [0.4, 0.5) is 19.0 Å². The van der Waals surface area contributed by atoms with E-state index in [9.17, 15) is 13.2 Å². The van der Waals surface area contributed by atoms with Crippen LogP contribution in [0.1, 0.15) is 35.4 Å². The number of fused-ring (bicyclic) bond motifs is 1. The second kappa shape index (κ2) is 7.22. The Morgan fingerprint density at radius 3 is 2.81 bits per heavy atom. The van der Waals surface area contributed by atoms with Gasteiger partial charge in [-0.3, -0.25) is 4.68 Å². The van der Waals surface area contributed by atoms with Gasteiger partial charge in [0.05, 0.1) is 11.4 Å². The van der Waals surface area contributed by atoms with Gasteiger partial charge in [0.15, 0.2) is 0 Å². The van der Waals surface area contributed by atoms with Gasteiger partial charge in [-0.1, -0.05) is 6.92 Å². The minimum absolute atomic E-state index is 0.0527. The molecule has 0 aliphatic carbocycles. The fourth-order valence-corrected chi connectivity index (χ4v) is 3.17. The summed E-state index contributed by atoms with van der Waals surface area (Å²) in [6.45, 7) is 7.57. The van der Waals surface area contributed by atoms with E-state index in [1.54, 1.807) is 6.92 Å². The van der Waals surface area contributed by atoms with Crippen LogP contribution < -0.4 is 10.6 Å². The summed E-state index contributed by atoms with van der Waals surface area (Å²) >= 11 is 0. The fraction of sp³-hybridized carbons (Fsp3) is 0.588. The second-order valence-corrected chi connectivity index (χ2v) is 6.81. The molecule has 0 amide bonds. The van der Waals surface area contributed by atoms with Gasteiger partial charge in [-0.2, -0.15) is 18.3 Å². The summed E-state index contributed by atoms with van der Waals surface area (Å²) < 4.78 is 40.3. The van der Waals surface area contributed by atoms with E-state index in [4.69, 9.17) is 0 Å². The van der Waals surface area contributed by atoms with Gasteiger partial charge in [-0.25, -0.2) is 9.97 Å². The molecule has 3 rings (SSSR count). The fourth-order valence-electron chi connectivity index (χ4n) is 3.17. The first-order valence-electron chi connectivity index (χ1n) is 8.66. The molecule has 0 spiro atoms. The molecule has 1 aliphatic rings. The van der Waals surface area contributed by atoms with Gasteiger partial charge in [0.2, 0.25) is 0 Å². The maximum atomic E-state index is 13.1. The number of aryl methyl sites for hydroxylation is 2. The van der Waals surface area contributed by atoms with Crippen molar-refractivity contribution >= 4 is 5.82 Å². The lowest BCUT2D eigenvalue weighted by Gasteiger charge is -2.21. The highest BCUT2D eigenvalue weighted by molar-refractivity contribution is 5.47. The SMILES string of the molecule is Cc1cc(C(F)(F)F)n(CC(C)CNc2nc(C)nc3c2CCNC3)n1. The van der Waals surface area contributed by atoms with Crippen LogP contribution in [0.3, 0.4) is 0 Å². The van der Waals surface area contributed by atoms with Crippen molar-refractivity contribution in [1.82, 2.24) is 25.1 Å². The predicted molar refractivity (Wildman–Crippen MR) is 91.8 cm³/mol. The zero-order valence-electron chi connectivity index (χ0n) is 15.1. The van der Waals surface area contributed by atoms with Gasteiger partial charge in [0.1, 0.15) is 17.3 Å². The van der Waals surface area contributed by atoms with Crippen LogP contribution >= 0.6 is 0 Å². The van der Waals surface area contributed by atoms with E-state index < -0.39 is 11.9 Å². The number of nitrogens with one attached hydrogen (secondary N) is 2. The lowest BCUT2D eigenvalue weighted by molar-refractivity contribution is -0.144. The lowest BCUT2D eigenvalue weighted by atomic mass is 10.1. The molecule has 2 N–H and O–H groups in total. The zero-order valence-corrected chi connectivity index (χ0v) is 15.1. The molecule has 0 aromatic carbocycles. The van der Waals surface area contributed by atoms with E-state index in [0.29, 0.717) is 24.6 Å². The molecule has 1 unspecified atom stereocenters. The van der Waals surface area contributed by atoms with Crippen molar-refractivity contribution in [3.05, 3.63) is 34.5 Å². The number of nitrogens with zero attached hydrogens (tertiary/aromatic N) is 4. The molecule has 0 radical (unpaired) electrons. The highest BCUT2D eigenvalue weighted by atomic mass is 19.4. The molecule has 26 heavy (non-hydrogen) atoms. The molecule has 6 nitrogen and oxygen atoms in total. The highest BCUT2D eigenvalue weighted by Gasteiger charge is 2.35. The van der Waals surface area contributed by atoms with Crippen molar-refractivity contribution in [3.8, 4) is 0 Å². The first-order valence-corrected chi connectivity index (χ1v) is 8.66. The molecule has 9 heteroatoms. The molecule has 0 bridgehead atoms. The lowest BCUT2D eigenvalue weighted by Crippen LogP contribution is -2.28. The van der Waals surface area contributed by atoms with Gasteiger partial charge in [0.25, 0.3) is 0 Å². The second-order valence-electron chi connectivity index (χ2n) is 6.81. The van der Waals surface area contributed by atoms with Crippen molar-refractivity contribution in [3.63, 3.8) is 0 Å². The van der Waals surface area contributed by atoms with Gasteiger partial charge in [0, 0.05) is 25.2 Å². The Balaban J connectivity index is 1.69. The van der Waals surface area contributed by atoms with Gasteiger partial charge >= 0.3 is 6.18 Å². The largest absolute Gasteiger partial charge is 0.433 e. The van der Waals surface area contributed by atoms with Crippen LogP contribution in [0, 0.1) is 19.8 Å². The van der Waals surface area contributed by atoms with E-state index in [-0.39, 0.29) is 12.5 Å². The van der Waals surface area contributed by atoms with Crippen molar-refractivity contribution in [1.29, 1.82) is 0 Å². The first-order chi connectivity index (χ1) is 12.2. The number of halogens is 3. The Labute approximate surface area is 150 Å². The summed E-state index contributed by atoms with van der Waals surface area (Å²) in [5.74, 6) is 1.42. The quantitative estimate of drug-likeness (QED) is 0.849. The maximum Gasteiger partial charge on any atom is 0.433 e. The van der Waals surface area contributed by atoms with Crippen molar-refractivity contribution in [2.45, 2.75) is 46.5 Å². The van der Waals surface area contributed by atoms with E-state index in [0.717, 1.165) is 40.8 Å². The molecule has 0 saturated heterocycles. The Kier molecular flexibility index (Phi) is 5.17. The smallest absolute Gasteiger partial charge is 0.369 e. The number of aromatic nitrogens is 4. The summed E-state index contributed by atoms with van der Waals surface area (Å²) in [5.41, 5.74) is 1.74. The van der Waals surface area contributed by atoms with Gasteiger partial charge < -0.3 is 10.6 Å². The van der Waals surface area contributed by atoms with E-state index in [1.165, 1.54) is 0 Å². The number of anilines is 1. The van der Waals surface area contributed by atoms with Gasteiger partial charge in [-0.05, 0) is 38.8 Å². The third-order valence-electron chi connectivity index (χ3n) is 4.34. The molecule has 0 saturated carbocycles. The normalized spacial score (nSPS) is 15.6. The first kappa shape index (κ1) is 18.6. The van der Waals surface area contributed by atoms with Crippen LogP contribution in [0.15, 0.2) is 6.07 Å². The molecule has 1 atom stereocenters. The standard InChI is InChI=1S/C17H23F3N6/c1-10(9-26-15(17(18,19)20)6-11(2)25-26)7-22-16-13-4-5-21-8-14(13)23-12(3)24-16/h6,10,21H,4-5,7-9H2,1-3H3,(H,22,23,24). The minimum Gasteiger partial charge on any atom is -0.369 e. The number of rotatable bonds is 5. The van der Waals surface area contributed by atoms with Crippen LogP contribution in [-0.2, 0) is 25.7 Å². The summed E-state index contributed by atoms with van der Waals surface area (Å²) in [6, 6.07) is 1.08. The third-order valence-corrected chi connectivity index (χ3v) is 4.34. The monoisotopic (exact) mass is 368 g/mol. The van der Waals surface area contributed by atoms with Crippen LogP contribution in [-0.4, -0.2) is 32.8 Å². The average Bonchev–Trinajstić information content (AvgIpc) is 2.93. The molecular formula is C17H23F3N6. The third kappa shape index (κ3) is 4.14. The summed E-state index contributed by atoms with van der Waals surface area (Å²) in [7, 11) is 0. The topological polar surface area (TPSA) is 67.7 Å².